The Kier molecular flexibility index (Phi) is 2.38. The first-order chi connectivity index (χ1) is 6.31. The third kappa shape index (κ3) is 1.62. The number of rotatable bonds is 2. The molecular formula is C9H8ClNOS. The molecule has 2 rings (SSSR count). The van der Waals surface area contributed by atoms with E-state index in [1.165, 1.54) is 11.3 Å². The van der Waals surface area contributed by atoms with Gasteiger partial charge in [0.1, 0.15) is 11.3 Å². The topological polar surface area (TPSA) is 22.1 Å². The normalized spacial score (nSPS) is 10.6. The molecule has 0 aliphatic heterocycles. The second-order valence-corrected chi connectivity index (χ2v) is 4.12. The maximum absolute atomic E-state index is 5.81. The third-order valence-corrected chi connectivity index (χ3v) is 2.78. The highest BCUT2D eigenvalue weighted by Gasteiger charge is 2.06. The molecule has 2 nitrogen and oxygen atoms in total. The average Bonchev–Trinajstić information content (AvgIpc) is 2.47. The van der Waals surface area contributed by atoms with Gasteiger partial charge in [-0.3, -0.25) is 0 Å². The zero-order chi connectivity index (χ0) is 9.26. The standard InChI is InChI=1S/C9H8ClNOS/c1-2-12-6-4-3-5-7-8(6)11-9(10)13-7/h3-5H,2H2,1H3. The smallest absolute Gasteiger partial charge is 0.184 e. The van der Waals surface area contributed by atoms with E-state index in [1.54, 1.807) is 0 Å². The molecule has 1 heterocycles. The first-order valence-electron chi connectivity index (χ1n) is 3.99. The van der Waals surface area contributed by atoms with Crippen molar-refractivity contribution in [1.82, 2.24) is 4.98 Å². The zero-order valence-corrected chi connectivity index (χ0v) is 8.65. The Balaban J connectivity index is 2.60. The van der Waals surface area contributed by atoms with Gasteiger partial charge < -0.3 is 4.74 Å². The Labute approximate surface area is 85.1 Å². The molecule has 0 fully saturated rings. The summed E-state index contributed by atoms with van der Waals surface area (Å²) in [6.45, 7) is 2.60. The van der Waals surface area contributed by atoms with Crippen molar-refractivity contribution in [3.63, 3.8) is 0 Å². The molecular weight excluding hydrogens is 206 g/mol. The van der Waals surface area contributed by atoms with Crippen molar-refractivity contribution in [2.75, 3.05) is 6.61 Å². The Bertz CT molecular complexity index is 426. The highest BCUT2D eigenvalue weighted by Crippen LogP contribution is 2.31. The molecule has 0 N–H and O–H groups in total. The molecule has 1 aromatic heterocycles. The van der Waals surface area contributed by atoms with Gasteiger partial charge in [0, 0.05) is 0 Å². The van der Waals surface area contributed by atoms with Gasteiger partial charge in [-0.25, -0.2) is 4.98 Å². The monoisotopic (exact) mass is 213 g/mol. The van der Waals surface area contributed by atoms with Crippen LogP contribution in [0.4, 0.5) is 0 Å². The first kappa shape index (κ1) is 8.78. The summed E-state index contributed by atoms with van der Waals surface area (Å²) in [4.78, 5) is 4.19. The van der Waals surface area contributed by atoms with Gasteiger partial charge in [-0.15, -0.1) is 11.3 Å². The molecule has 0 amide bonds. The van der Waals surface area contributed by atoms with Crippen molar-refractivity contribution in [2.24, 2.45) is 0 Å². The van der Waals surface area contributed by atoms with Gasteiger partial charge in [0.2, 0.25) is 0 Å². The fourth-order valence-corrected chi connectivity index (χ4v) is 2.21. The summed E-state index contributed by atoms with van der Waals surface area (Å²) in [6.07, 6.45) is 0. The second kappa shape index (κ2) is 3.52. The third-order valence-electron chi connectivity index (χ3n) is 1.66. The Morgan fingerprint density at radius 3 is 3.15 bits per heavy atom. The van der Waals surface area contributed by atoms with Crippen LogP contribution in [0.3, 0.4) is 0 Å². The van der Waals surface area contributed by atoms with E-state index in [0.29, 0.717) is 11.1 Å². The average molecular weight is 214 g/mol. The van der Waals surface area contributed by atoms with Crippen LogP contribution >= 0.6 is 22.9 Å². The molecule has 0 aliphatic rings. The molecule has 0 saturated heterocycles. The highest BCUT2D eigenvalue weighted by atomic mass is 35.5. The molecule has 0 saturated carbocycles. The Hall–Kier alpha value is -0.800. The second-order valence-electron chi connectivity index (χ2n) is 2.50. The predicted octanol–water partition coefficient (Wildman–Crippen LogP) is 3.35. The van der Waals surface area contributed by atoms with Crippen molar-refractivity contribution in [3.8, 4) is 5.75 Å². The highest BCUT2D eigenvalue weighted by molar-refractivity contribution is 7.22. The van der Waals surface area contributed by atoms with E-state index >= 15 is 0 Å². The number of nitrogens with zero attached hydrogens (tertiary/aromatic N) is 1. The predicted molar refractivity (Wildman–Crippen MR) is 55.8 cm³/mol. The Morgan fingerprint density at radius 1 is 1.54 bits per heavy atom. The summed E-state index contributed by atoms with van der Waals surface area (Å²) in [5.41, 5.74) is 0.861. The van der Waals surface area contributed by atoms with Crippen LogP contribution in [0.2, 0.25) is 4.47 Å². The molecule has 2 aromatic rings. The SMILES string of the molecule is CCOc1cccc2sc(Cl)nc12. The lowest BCUT2D eigenvalue weighted by atomic mass is 10.3. The summed E-state index contributed by atoms with van der Waals surface area (Å²) in [6, 6.07) is 5.84. The number of thiazole rings is 1. The number of aromatic nitrogens is 1. The van der Waals surface area contributed by atoms with Crippen LogP contribution in [0.25, 0.3) is 10.2 Å². The number of benzene rings is 1. The van der Waals surface area contributed by atoms with Gasteiger partial charge in [-0.2, -0.15) is 0 Å². The van der Waals surface area contributed by atoms with Crippen LogP contribution in [0, 0.1) is 0 Å². The largest absolute Gasteiger partial charge is 0.492 e. The van der Waals surface area contributed by atoms with Gasteiger partial charge >= 0.3 is 0 Å². The summed E-state index contributed by atoms with van der Waals surface area (Å²) in [5, 5.41) is 0. The van der Waals surface area contributed by atoms with Gasteiger partial charge in [0.05, 0.1) is 11.3 Å². The van der Waals surface area contributed by atoms with Crippen LogP contribution in [0.15, 0.2) is 18.2 Å². The lowest BCUT2D eigenvalue weighted by molar-refractivity contribution is 0.344. The van der Waals surface area contributed by atoms with Gasteiger partial charge in [-0.1, -0.05) is 17.7 Å². The summed E-state index contributed by atoms with van der Waals surface area (Å²) >= 11 is 7.27. The van der Waals surface area contributed by atoms with Crippen molar-refractivity contribution >= 4 is 33.2 Å². The maximum Gasteiger partial charge on any atom is 0.184 e. The Morgan fingerprint density at radius 2 is 2.38 bits per heavy atom. The van der Waals surface area contributed by atoms with E-state index in [2.05, 4.69) is 4.98 Å². The number of para-hydroxylation sites is 1. The molecule has 4 heteroatoms. The van der Waals surface area contributed by atoms with Gasteiger partial charge in [0.25, 0.3) is 0 Å². The summed E-state index contributed by atoms with van der Waals surface area (Å²) in [5.74, 6) is 0.808. The molecule has 0 atom stereocenters. The van der Waals surface area contributed by atoms with Crippen molar-refractivity contribution in [2.45, 2.75) is 6.92 Å². The van der Waals surface area contributed by atoms with Gasteiger partial charge in [0.15, 0.2) is 4.47 Å². The minimum absolute atomic E-state index is 0.558. The summed E-state index contributed by atoms with van der Waals surface area (Å²) < 4.78 is 7.04. The lowest BCUT2D eigenvalue weighted by Gasteiger charge is -2.01. The lowest BCUT2D eigenvalue weighted by Crippen LogP contribution is -1.91. The van der Waals surface area contributed by atoms with Crippen molar-refractivity contribution < 1.29 is 4.74 Å². The molecule has 0 aliphatic carbocycles. The molecule has 0 bridgehead atoms. The molecule has 0 spiro atoms. The maximum atomic E-state index is 5.81. The minimum atomic E-state index is 0.558. The molecule has 13 heavy (non-hydrogen) atoms. The van der Waals surface area contributed by atoms with Gasteiger partial charge in [-0.05, 0) is 19.1 Å². The van der Waals surface area contributed by atoms with Crippen molar-refractivity contribution in [1.29, 1.82) is 0 Å². The first-order valence-corrected chi connectivity index (χ1v) is 5.18. The van der Waals surface area contributed by atoms with Crippen molar-refractivity contribution in [3.05, 3.63) is 22.7 Å². The van der Waals surface area contributed by atoms with E-state index in [4.69, 9.17) is 16.3 Å². The van der Waals surface area contributed by atoms with Crippen LogP contribution in [0.5, 0.6) is 5.75 Å². The zero-order valence-electron chi connectivity index (χ0n) is 7.08. The van der Waals surface area contributed by atoms with Crippen LogP contribution in [-0.4, -0.2) is 11.6 Å². The van der Waals surface area contributed by atoms with E-state index in [1.807, 2.05) is 25.1 Å². The van der Waals surface area contributed by atoms with Crippen LogP contribution < -0.4 is 4.74 Å². The molecule has 0 unspecified atom stereocenters. The van der Waals surface area contributed by atoms with Crippen LogP contribution in [-0.2, 0) is 0 Å². The quantitative estimate of drug-likeness (QED) is 0.763. The fraction of sp³-hybridized carbons (Fsp3) is 0.222. The number of ether oxygens (including phenoxy) is 1. The molecule has 68 valence electrons. The number of hydrogen-bond acceptors (Lipinski definition) is 3. The number of halogens is 1. The van der Waals surface area contributed by atoms with E-state index in [9.17, 15) is 0 Å². The van der Waals surface area contributed by atoms with Crippen LogP contribution in [0.1, 0.15) is 6.92 Å². The minimum Gasteiger partial charge on any atom is -0.492 e. The summed E-state index contributed by atoms with van der Waals surface area (Å²) in [7, 11) is 0. The number of fused-ring (bicyclic) bond motifs is 1. The fourth-order valence-electron chi connectivity index (χ4n) is 1.17. The van der Waals surface area contributed by atoms with E-state index in [-0.39, 0.29) is 0 Å². The molecule has 0 radical (unpaired) electrons. The number of hydrogen-bond donors (Lipinski definition) is 0. The molecule has 1 aromatic carbocycles. The van der Waals surface area contributed by atoms with E-state index in [0.717, 1.165) is 16.0 Å². The van der Waals surface area contributed by atoms with E-state index < -0.39 is 0 Å².